The summed E-state index contributed by atoms with van der Waals surface area (Å²) in [6.07, 6.45) is 12.8. The van der Waals surface area contributed by atoms with Crippen molar-refractivity contribution in [3.05, 3.63) is 0 Å². The summed E-state index contributed by atoms with van der Waals surface area (Å²) in [4.78, 5) is 2.93. The van der Waals surface area contributed by atoms with Gasteiger partial charge in [0, 0.05) is 18.1 Å². The molecule has 1 N–H and O–H groups in total. The highest BCUT2D eigenvalue weighted by Crippen LogP contribution is 2.37. The number of likely N-dealkylation sites (N-methyl/N-ethyl adjacent to an activating group) is 1. The Hall–Kier alpha value is -0.0800. The normalized spacial score (nSPS) is 30.8. The van der Waals surface area contributed by atoms with Crippen molar-refractivity contribution in [2.75, 3.05) is 13.1 Å². The molecule has 20 heavy (non-hydrogen) atoms. The standard InChI is InChI=1S/C18H36N2/c1-4-10-16(19-6-3)17(5-2)20-14-9-12-15-11-7-8-13-18(15)20/h15-19H,4-14H2,1-3H3/t15-,16?,17?,18-/m1/s1. The first-order chi connectivity index (χ1) is 9.81. The molecule has 2 nitrogen and oxygen atoms in total. The molecule has 2 unspecified atom stereocenters. The molecule has 0 aromatic heterocycles. The van der Waals surface area contributed by atoms with Crippen molar-refractivity contribution in [3.8, 4) is 0 Å². The molecular formula is C18H36N2. The van der Waals surface area contributed by atoms with Crippen LogP contribution in [0.3, 0.4) is 0 Å². The zero-order chi connectivity index (χ0) is 14.4. The van der Waals surface area contributed by atoms with Gasteiger partial charge in [0.1, 0.15) is 0 Å². The lowest BCUT2D eigenvalue weighted by Gasteiger charge is -2.49. The van der Waals surface area contributed by atoms with Gasteiger partial charge in [-0.25, -0.2) is 0 Å². The summed E-state index contributed by atoms with van der Waals surface area (Å²) < 4.78 is 0. The zero-order valence-corrected chi connectivity index (χ0v) is 14.0. The van der Waals surface area contributed by atoms with Crippen LogP contribution in [0.4, 0.5) is 0 Å². The van der Waals surface area contributed by atoms with Gasteiger partial charge in [-0.1, -0.05) is 40.0 Å². The Morgan fingerprint density at radius 2 is 1.80 bits per heavy atom. The summed E-state index contributed by atoms with van der Waals surface area (Å²) in [6.45, 7) is 9.46. The lowest BCUT2D eigenvalue weighted by Crippen LogP contribution is -2.57. The van der Waals surface area contributed by atoms with Gasteiger partial charge in [0.15, 0.2) is 0 Å². The maximum atomic E-state index is 3.79. The first-order valence-electron chi connectivity index (χ1n) is 9.30. The van der Waals surface area contributed by atoms with E-state index in [1.54, 1.807) is 0 Å². The SMILES string of the molecule is CCCC(NCC)C(CC)N1CCC[C@H]2CCCC[C@H]21. The van der Waals surface area contributed by atoms with E-state index in [2.05, 4.69) is 31.0 Å². The second-order valence-electron chi connectivity index (χ2n) is 6.92. The van der Waals surface area contributed by atoms with Gasteiger partial charge < -0.3 is 5.32 Å². The molecular weight excluding hydrogens is 244 g/mol. The average Bonchev–Trinajstić information content (AvgIpc) is 2.49. The van der Waals surface area contributed by atoms with Crippen molar-refractivity contribution in [1.82, 2.24) is 10.2 Å². The van der Waals surface area contributed by atoms with E-state index in [1.165, 1.54) is 64.3 Å². The molecule has 0 amide bonds. The summed E-state index contributed by atoms with van der Waals surface area (Å²) in [5.41, 5.74) is 0. The minimum Gasteiger partial charge on any atom is -0.313 e. The zero-order valence-electron chi connectivity index (χ0n) is 14.0. The lowest BCUT2D eigenvalue weighted by molar-refractivity contribution is 0.00971. The van der Waals surface area contributed by atoms with Crippen molar-refractivity contribution in [2.24, 2.45) is 5.92 Å². The molecule has 1 saturated heterocycles. The highest BCUT2D eigenvalue weighted by molar-refractivity contribution is 4.94. The highest BCUT2D eigenvalue weighted by Gasteiger charge is 2.38. The van der Waals surface area contributed by atoms with E-state index in [0.717, 1.165) is 24.5 Å². The third-order valence-electron chi connectivity index (χ3n) is 5.66. The van der Waals surface area contributed by atoms with Crippen molar-refractivity contribution in [2.45, 2.75) is 96.7 Å². The van der Waals surface area contributed by atoms with Crippen molar-refractivity contribution in [1.29, 1.82) is 0 Å². The molecule has 2 heteroatoms. The molecule has 0 bridgehead atoms. The van der Waals surface area contributed by atoms with Crippen LogP contribution in [0.2, 0.25) is 0 Å². The predicted octanol–water partition coefficient (Wildman–Crippen LogP) is 4.20. The second-order valence-corrected chi connectivity index (χ2v) is 6.92. The summed E-state index contributed by atoms with van der Waals surface area (Å²) in [5, 5.41) is 3.79. The van der Waals surface area contributed by atoms with Crippen LogP contribution in [0.5, 0.6) is 0 Å². The summed E-state index contributed by atoms with van der Waals surface area (Å²) in [6, 6.07) is 2.37. The molecule has 0 spiro atoms. The summed E-state index contributed by atoms with van der Waals surface area (Å²) >= 11 is 0. The number of piperidine rings is 1. The largest absolute Gasteiger partial charge is 0.313 e. The molecule has 0 aromatic rings. The number of rotatable bonds is 7. The molecule has 2 aliphatic rings. The van der Waals surface area contributed by atoms with Gasteiger partial charge in [-0.3, -0.25) is 4.90 Å². The van der Waals surface area contributed by atoms with E-state index >= 15 is 0 Å². The Morgan fingerprint density at radius 1 is 1.05 bits per heavy atom. The highest BCUT2D eigenvalue weighted by atomic mass is 15.2. The van der Waals surface area contributed by atoms with Gasteiger partial charge in [-0.2, -0.15) is 0 Å². The Morgan fingerprint density at radius 3 is 2.50 bits per heavy atom. The van der Waals surface area contributed by atoms with Crippen LogP contribution in [0, 0.1) is 5.92 Å². The minimum absolute atomic E-state index is 0.704. The van der Waals surface area contributed by atoms with Gasteiger partial charge in [-0.05, 0) is 57.5 Å². The van der Waals surface area contributed by atoms with E-state index in [0.29, 0.717) is 6.04 Å². The van der Waals surface area contributed by atoms with E-state index in [-0.39, 0.29) is 0 Å². The monoisotopic (exact) mass is 280 g/mol. The maximum absolute atomic E-state index is 3.79. The molecule has 2 fully saturated rings. The molecule has 4 atom stereocenters. The smallest absolute Gasteiger partial charge is 0.0249 e. The number of likely N-dealkylation sites (tertiary alicyclic amines) is 1. The first-order valence-corrected chi connectivity index (χ1v) is 9.30. The third kappa shape index (κ3) is 3.76. The molecule has 1 heterocycles. The fraction of sp³-hybridized carbons (Fsp3) is 1.00. The molecule has 118 valence electrons. The van der Waals surface area contributed by atoms with Crippen molar-refractivity contribution < 1.29 is 0 Å². The van der Waals surface area contributed by atoms with E-state index in [1.807, 2.05) is 0 Å². The lowest BCUT2D eigenvalue weighted by atomic mass is 9.77. The maximum Gasteiger partial charge on any atom is 0.0249 e. The molecule has 2 rings (SSSR count). The number of nitrogens with zero attached hydrogens (tertiary/aromatic N) is 1. The predicted molar refractivity (Wildman–Crippen MR) is 88.1 cm³/mol. The van der Waals surface area contributed by atoms with E-state index < -0.39 is 0 Å². The van der Waals surface area contributed by atoms with Gasteiger partial charge in [0.2, 0.25) is 0 Å². The molecule has 0 radical (unpaired) electrons. The molecule has 1 aliphatic heterocycles. The number of hydrogen-bond donors (Lipinski definition) is 1. The van der Waals surface area contributed by atoms with Crippen LogP contribution < -0.4 is 5.32 Å². The number of fused-ring (bicyclic) bond motifs is 1. The van der Waals surface area contributed by atoms with Gasteiger partial charge in [0.05, 0.1) is 0 Å². The van der Waals surface area contributed by atoms with E-state index in [4.69, 9.17) is 0 Å². The van der Waals surface area contributed by atoms with Crippen LogP contribution in [0.25, 0.3) is 0 Å². The van der Waals surface area contributed by atoms with Crippen LogP contribution in [-0.4, -0.2) is 36.1 Å². The number of nitrogens with one attached hydrogen (secondary N) is 1. The van der Waals surface area contributed by atoms with Crippen molar-refractivity contribution >= 4 is 0 Å². The van der Waals surface area contributed by atoms with Crippen LogP contribution in [0.15, 0.2) is 0 Å². The minimum atomic E-state index is 0.704. The fourth-order valence-electron chi connectivity index (χ4n) is 4.83. The average molecular weight is 280 g/mol. The molecule has 0 aromatic carbocycles. The van der Waals surface area contributed by atoms with Gasteiger partial charge in [0.25, 0.3) is 0 Å². The first kappa shape index (κ1) is 16.3. The van der Waals surface area contributed by atoms with Gasteiger partial charge >= 0.3 is 0 Å². The Kier molecular flexibility index (Phi) is 6.83. The summed E-state index contributed by atoms with van der Waals surface area (Å²) in [5.74, 6) is 1.01. The molecule has 1 saturated carbocycles. The Bertz CT molecular complexity index is 258. The van der Waals surface area contributed by atoms with Crippen LogP contribution in [-0.2, 0) is 0 Å². The molecule has 1 aliphatic carbocycles. The quantitative estimate of drug-likeness (QED) is 0.752. The van der Waals surface area contributed by atoms with Crippen LogP contribution >= 0.6 is 0 Å². The fourth-order valence-corrected chi connectivity index (χ4v) is 4.83. The van der Waals surface area contributed by atoms with Crippen LogP contribution in [0.1, 0.15) is 78.6 Å². The topological polar surface area (TPSA) is 15.3 Å². The third-order valence-corrected chi connectivity index (χ3v) is 5.66. The van der Waals surface area contributed by atoms with E-state index in [9.17, 15) is 0 Å². The summed E-state index contributed by atoms with van der Waals surface area (Å²) in [7, 11) is 0. The van der Waals surface area contributed by atoms with Crippen molar-refractivity contribution in [3.63, 3.8) is 0 Å². The second kappa shape index (κ2) is 8.38. The Balaban J connectivity index is 2.06. The number of hydrogen-bond acceptors (Lipinski definition) is 2. The Labute approximate surface area is 126 Å². The van der Waals surface area contributed by atoms with Gasteiger partial charge in [-0.15, -0.1) is 0 Å².